The van der Waals surface area contributed by atoms with Crippen molar-refractivity contribution in [3.05, 3.63) is 29.8 Å². The van der Waals surface area contributed by atoms with E-state index in [0.717, 1.165) is 7.11 Å². The van der Waals surface area contributed by atoms with Crippen molar-refractivity contribution in [3.8, 4) is 5.75 Å². The molecule has 32 heavy (non-hydrogen) atoms. The number of hydrogen-bond donors (Lipinski definition) is 7. The van der Waals surface area contributed by atoms with E-state index in [9.17, 15) is 25.2 Å². The van der Waals surface area contributed by atoms with Crippen LogP contribution in [0.1, 0.15) is 37.3 Å². The van der Waals surface area contributed by atoms with E-state index in [1.54, 1.807) is 24.3 Å². The molecule has 1 aromatic carbocycles. The van der Waals surface area contributed by atoms with E-state index in [2.05, 4.69) is 5.32 Å². The summed E-state index contributed by atoms with van der Waals surface area (Å²) >= 11 is 0. The molecule has 11 heteroatoms. The van der Waals surface area contributed by atoms with Crippen LogP contribution in [0.3, 0.4) is 0 Å². The Kier molecular flexibility index (Phi) is 10.7. The topological polar surface area (TPSA) is 184 Å². The second-order valence-corrected chi connectivity index (χ2v) is 7.72. The maximum Gasteiger partial charge on any atom is 0.243 e. The number of nitrogens with one attached hydrogen (secondary N) is 1. The Hall–Kier alpha value is -1.83. The predicted octanol–water partition coefficient (Wildman–Crippen LogP) is -1.49. The van der Waals surface area contributed by atoms with Gasteiger partial charge in [0.1, 0.15) is 18.0 Å². The summed E-state index contributed by atoms with van der Waals surface area (Å²) in [5.74, 6) is 0.00986. The lowest BCUT2D eigenvalue weighted by Crippen LogP contribution is -2.49. The van der Waals surface area contributed by atoms with Crippen LogP contribution in [0, 0.1) is 0 Å². The van der Waals surface area contributed by atoms with Gasteiger partial charge in [-0.2, -0.15) is 0 Å². The number of ether oxygens (including phenoxy) is 3. The third-order valence-corrected chi connectivity index (χ3v) is 5.22. The van der Waals surface area contributed by atoms with Crippen LogP contribution in [-0.2, 0) is 14.3 Å². The van der Waals surface area contributed by atoms with Crippen molar-refractivity contribution in [2.75, 3.05) is 20.3 Å². The number of aliphatic hydroxyl groups excluding tert-OH is 5. The smallest absolute Gasteiger partial charge is 0.243 e. The zero-order valence-corrected chi connectivity index (χ0v) is 18.0. The lowest BCUT2D eigenvalue weighted by atomic mass is 10.0. The van der Waals surface area contributed by atoms with Crippen LogP contribution >= 0.6 is 0 Å². The van der Waals surface area contributed by atoms with Gasteiger partial charge in [-0.15, -0.1) is 0 Å². The summed E-state index contributed by atoms with van der Waals surface area (Å²) in [4.78, 5) is 12.5. The first-order valence-corrected chi connectivity index (χ1v) is 10.5. The predicted molar refractivity (Wildman–Crippen MR) is 112 cm³/mol. The highest BCUT2D eigenvalue weighted by molar-refractivity contribution is 5.83. The highest BCUT2D eigenvalue weighted by Crippen LogP contribution is 2.25. The number of carbonyl (C=O) groups is 1. The van der Waals surface area contributed by atoms with Gasteiger partial charge in [-0.25, -0.2) is 0 Å². The van der Waals surface area contributed by atoms with Gasteiger partial charge in [0.05, 0.1) is 37.6 Å². The second kappa shape index (κ2) is 13.0. The number of carbonyl (C=O) groups excluding carboxylic acids is 1. The lowest BCUT2D eigenvalue weighted by molar-refractivity contribution is -0.184. The molecule has 3 rings (SSSR count). The summed E-state index contributed by atoms with van der Waals surface area (Å²) in [7, 11) is 1.00. The Balaban J connectivity index is 0.00000176. The highest BCUT2D eigenvalue weighted by atomic mass is 16.7. The van der Waals surface area contributed by atoms with Crippen LogP contribution in [0.4, 0.5) is 0 Å². The Morgan fingerprint density at radius 2 is 1.59 bits per heavy atom. The molecule has 0 spiro atoms. The normalized spacial score (nSPS) is 31.1. The van der Waals surface area contributed by atoms with E-state index < -0.39 is 48.9 Å². The molecule has 2 saturated heterocycles. The molecule has 0 bridgehead atoms. The van der Waals surface area contributed by atoms with Crippen molar-refractivity contribution >= 4 is 5.91 Å². The standard InChI is InChI=1S/C20H30N2O8.CH4O/c21-19(20(27)22-17-7-12(25)5-15(9-23)28-17)11-1-3-14(4-2-11)29-18-8-13(26)6-16(10-24)30-18;1-2/h1-4,12-13,15-19,23-26H,5-10,21H2,(H,22,27);2H,1H3/t12-,13-,15?,16?,17+,18+,19?;/m0./s1. The molecular weight excluding hydrogens is 424 g/mol. The minimum atomic E-state index is -0.958. The number of benzene rings is 1. The van der Waals surface area contributed by atoms with Gasteiger partial charge < -0.3 is 50.8 Å². The summed E-state index contributed by atoms with van der Waals surface area (Å²) in [5.41, 5.74) is 6.59. The molecule has 8 N–H and O–H groups in total. The summed E-state index contributed by atoms with van der Waals surface area (Å²) in [5, 5.41) is 47.8. The van der Waals surface area contributed by atoms with Gasteiger partial charge in [-0.1, -0.05) is 12.1 Å². The van der Waals surface area contributed by atoms with E-state index in [4.69, 9.17) is 25.1 Å². The Morgan fingerprint density at radius 1 is 1.03 bits per heavy atom. The zero-order chi connectivity index (χ0) is 23.7. The maximum atomic E-state index is 12.5. The third kappa shape index (κ3) is 7.64. The molecule has 2 aliphatic rings. The lowest BCUT2D eigenvalue weighted by Gasteiger charge is -2.33. The quantitative estimate of drug-likeness (QED) is 0.254. The average Bonchev–Trinajstić information content (AvgIpc) is 2.79. The Labute approximate surface area is 186 Å². The second-order valence-electron chi connectivity index (χ2n) is 7.72. The van der Waals surface area contributed by atoms with Crippen molar-refractivity contribution in [1.29, 1.82) is 0 Å². The van der Waals surface area contributed by atoms with Crippen LogP contribution < -0.4 is 15.8 Å². The molecule has 7 atom stereocenters. The number of aliphatic hydroxyl groups is 5. The molecule has 2 fully saturated rings. The van der Waals surface area contributed by atoms with Gasteiger partial charge in [0.2, 0.25) is 12.2 Å². The monoisotopic (exact) mass is 458 g/mol. The Bertz CT molecular complexity index is 690. The van der Waals surface area contributed by atoms with Gasteiger partial charge in [0.25, 0.3) is 0 Å². The number of hydrogen-bond acceptors (Lipinski definition) is 10. The van der Waals surface area contributed by atoms with Gasteiger partial charge in [-0.05, 0) is 17.7 Å². The van der Waals surface area contributed by atoms with Crippen molar-refractivity contribution < 1.29 is 44.5 Å². The van der Waals surface area contributed by atoms with E-state index in [1.165, 1.54) is 0 Å². The molecule has 1 aromatic rings. The van der Waals surface area contributed by atoms with E-state index >= 15 is 0 Å². The summed E-state index contributed by atoms with van der Waals surface area (Å²) in [6.45, 7) is -0.432. The minimum Gasteiger partial charge on any atom is -0.465 e. The molecule has 182 valence electrons. The third-order valence-electron chi connectivity index (χ3n) is 5.22. The van der Waals surface area contributed by atoms with Crippen molar-refractivity contribution in [1.82, 2.24) is 5.32 Å². The molecule has 0 saturated carbocycles. The summed E-state index contributed by atoms with van der Waals surface area (Å²) in [6.07, 6.45) is -2.48. The van der Waals surface area contributed by atoms with Crippen LogP contribution in [0.25, 0.3) is 0 Å². The molecule has 11 nitrogen and oxygen atoms in total. The maximum absolute atomic E-state index is 12.5. The van der Waals surface area contributed by atoms with Crippen molar-refractivity contribution in [2.45, 2.75) is 68.7 Å². The summed E-state index contributed by atoms with van der Waals surface area (Å²) < 4.78 is 16.8. The minimum absolute atomic E-state index is 0.194. The van der Waals surface area contributed by atoms with Gasteiger partial charge in [0, 0.05) is 32.8 Å². The van der Waals surface area contributed by atoms with Crippen LogP contribution in [0.15, 0.2) is 24.3 Å². The molecule has 0 aliphatic carbocycles. The van der Waals surface area contributed by atoms with E-state index in [-0.39, 0.29) is 19.6 Å². The van der Waals surface area contributed by atoms with Crippen LogP contribution in [-0.4, -0.2) is 88.7 Å². The van der Waals surface area contributed by atoms with Gasteiger partial charge in [-0.3, -0.25) is 4.79 Å². The number of rotatable bonds is 7. The van der Waals surface area contributed by atoms with Crippen molar-refractivity contribution in [3.63, 3.8) is 0 Å². The SMILES string of the molecule is CO.NC(C(=O)N[C@H]1C[C@@H](O)CC(CO)O1)c1ccc(O[C@H]2C[C@@H](O)CC(CO)O2)cc1. The molecule has 1 amide bonds. The Morgan fingerprint density at radius 3 is 2.19 bits per heavy atom. The molecule has 0 aromatic heterocycles. The first kappa shape index (κ1) is 26.4. The first-order chi connectivity index (χ1) is 15.4. The fourth-order valence-electron chi connectivity index (χ4n) is 3.65. The molecule has 2 heterocycles. The molecular formula is C21H34N2O9. The summed E-state index contributed by atoms with van der Waals surface area (Å²) in [6, 6.07) is 5.62. The van der Waals surface area contributed by atoms with Crippen LogP contribution in [0.5, 0.6) is 5.75 Å². The zero-order valence-electron chi connectivity index (χ0n) is 18.0. The average molecular weight is 459 g/mol. The highest BCUT2D eigenvalue weighted by Gasteiger charge is 2.31. The van der Waals surface area contributed by atoms with Crippen LogP contribution in [0.2, 0.25) is 0 Å². The molecule has 2 aliphatic heterocycles. The largest absolute Gasteiger partial charge is 0.465 e. The van der Waals surface area contributed by atoms with Gasteiger partial charge >= 0.3 is 0 Å². The molecule has 3 unspecified atom stereocenters. The van der Waals surface area contributed by atoms with E-state index in [0.29, 0.717) is 30.6 Å². The fourth-order valence-corrected chi connectivity index (χ4v) is 3.65. The van der Waals surface area contributed by atoms with Gasteiger partial charge in [0.15, 0.2) is 0 Å². The molecule has 0 radical (unpaired) electrons. The number of nitrogens with two attached hydrogens (primary N) is 1. The first-order valence-electron chi connectivity index (χ1n) is 10.5. The number of amides is 1. The van der Waals surface area contributed by atoms with Crippen molar-refractivity contribution in [2.24, 2.45) is 5.73 Å². The van der Waals surface area contributed by atoms with E-state index in [1.807, 2.05) is 0 Å². The fraction of sp³-hybridized carbons (Fsp3) is 0.667.